The van der Waals surface area contributed by atoms with Gasteiger partial charge < -0.3 is 10.1 Å². The van der Waals surface area contributed by atoms with Crippen LogP contribution >= 0.6 is 0 Å². The molecule has 1 aliphatic rings. The van der Waals surface area contributed by atoms with Crippen LogP contribution in [0.4, 0.5) is 8.78 Å². The molecule has 0 saturated carbocycles. The molecule has 0 fully saturated rings. The molecule has 1 aromatic carbocycles. The number of ether oxygens (including phenoxy) is 1. The lowest BCUT2D eigenvalue weighted by Gasteiger charge is -2.31. The van der Waals surface area contributed by atoms with E-state index in [9.17, 15) is 8.78 Å². The molecule has 0 radical (unpaired) electrons. The zero-order valence-corrected chi connectivity index (χ0v) is 10.1. The lowest BCUT2D eigenvalue weighted by Crippen LogP contribution is -2.32. The van der Waals surface area contributed by atoms with Gasteiger partial charge in [-0.2, -0.15) is 4.39 Å². The van der Waals surface area contributed by atoms with Crippen LogP contribution in [0.25, 0.3) is 0 Å². The highest BCUT2D eigenvalue weighted by Gasteiger charge is 2.29. The molecular weight excluding hydrogens is 224 g/mol. The van der Waals surface area contributed by atoms with Crippen molar-refractivity contribution in [1.82, 2.24) is 5.32 Å². The molecule has 0 saturated heterocycles. The number of hydrogen-bond donors (Lipinski definition) is 1. The minimum absolute atomic E-state index is 0.0452. The van der Waals surface area contributed by atoms with Crippen LogP contribution in [0.2, 0.25) is 0 Å². The highest BCUT2D eigenvalue weighted by molar-refractivity contribution is 5.40. The lowest BCUT2D eigenvalue weighted by atomic mass is 9.96. The van der Waals surface area contributed by atoms with E-state index in [4.69, 9.17) is 4.74 Å². The summed E-state index contributed by atoms with van der Waals surface area (Å²) in [6, 6.07) is 2.81. The Labute approximate surface area is 100.0 Å². The minimum atomic E-state index is -0.877. The highest BCUT2D eigenvalue weighted by atomic mass is 19.2. The monoisotopic (exact) mass is 241 g/mol. The molecule has 1 aromatic rings. The van der Waals surface area contributed by atoms with E-state index in [1.165, 1.54) is 0 Å². The number of nitrogens with one attached hydrogen (secondary N) is 1. The van der Waals surface area contributed by atoms with Gasteiger partial charge >= 0.3 is 0 Å². The fraction of sp³-hybridized carbons (Fsp3) is 0.538. The topological polar surface area (TPSA) is 21.3 Å². The second kappa shape index (κ2) is 5.00. The predicted molar refractivity (Wildman–Crippen MR) is 62.1 cm³/mol. The third kappa shape index (κ3) is 2.41. The van der Waals surface area contributed by atoms with Gasteiger partial charge in [0.15, 0.2) is 11.6 Å². The van der Waals surface area contributed by atoms with Crippen molar-refractivity contribution in [2.24, 2.45) is 0 Å². The largest absolute Gasteiger partial charge is 0.487 e. The molecule has 2 rings (SSSR count). The van der Waals surface area contributed by atoms with Crippen molar-refractivity contribution in [1.29, 1.82) is 0 Å². The van der Waals surface area contributed by atoms with Gasteiger partial charge in [0.25, 0.3) is 0 Å². The Morgan fingerprint density at radius 1 is 1.41 bits per heavy atom. The van der Waals surface area contributed by atoms with E-state index in [1.807, 2.05) is 6.92 Å². The third-order valence-electron chi connectivity index (χ3n) is 2.98. The Morgan fingerprint density at radius 2 is 2.18 bits per heavy atom. The van der Waals surface area contributed by atoms with E-state index in [2.05, 4.69) is 12.2 Å². The van der Waals surface area contributed by atoms with E-state index in [0.717, 1.165) is 31.0 Å². The average Bonchev–Trinajstić information content (AvgIpc) is 2.31. The molecule has 94 valence electrons. The molecular formula is C13H17F2NO. The van der Waals surface area contributed by atoms with Crippen molar-refractivity contribution >= 4 is 0 Å². The molecule has 0 bridgehead atoms. The summed E-state index contributed by atoms with van der Waals surface area (Å²) >= 11 is 0. The molecule has 2 unspecified atom stereocenters. The van der Waals surface area contributed by atoms with Crippen LogP contribution in [0, 0.1) is 11.6 Å². The number of rotatable bonds is 3. The Balaban J connectivity index is 2.33. The second-order valence-electron chi connectivity index (χ2n) is 4.45. The van der Waals surface area contributed by atoms with Crippen molar-refractivity contribution in [2.45, 2.75) is 38.8 Å². The maximum atomic E-state index is 13.6. The van der Waals surface area contributed by atoms with E-state index < -0.39 is 11.6 Å². The molecule has 0 amide bonds. The summed E-state index contributed by atoms with van der Waals surface area (Å²) < 4.78 is 32.2. The van der Waals surface area contributed by atoms with Gasteiger partial charge in [0, 0.05) is 18.0 Å². The molecule has 1 aliphatic heterocycles. The fourth-order valence-corrected chi connectivity index (χ4v) is 2.16. The van der Waals surface area contributed by atoms with Gasteiger partial charge in [-0.3, -0.25) is 0 Å². The Morgan fingerprint density at radius 3 is 2.88 bits per heavy atom. The highest BCUT2D eigenvalue weighted by Crippen LogP contribution is 2.37. The first-order chi connectivity index (χ1) is 8.13. The van der Waals surface area contributed by atoms with Gasteiger partial charge in [-0.1, -0.05) is 13.0 Å². The molecule has 17 heavy (non-hydrogen) atoms. The van der Waals surface area contributed by atoms with Gasteiger partial charge in [0.2, 0.25) is 5.82 Å². The molecule has 0 spiro atoms. The second-order valence-corrected chi connectivity index (χ2v) is 4.45. The SMILES string of the molecule is CCCNC1CC(C)Oc2c1ccc(F)c2F. The summed E-state index contributed by atoms with van der Waals surface area (Å²) in [6.45, 7) is 4.80. The third-order valence-corrected chi connectivity index (χ3v) is 2.98. The first kappa shape index (κ1) is 12.3. The quantitative estimate of drug-likeness (QED) is 0.877. The zero-order chi connectivity index (χ0) is 12.4. The number of hydrogen-bond acceptors (Lipinski definition) is 2. The van der Waals surface area contributed by atoms with Crippen LogP contribution in [0.1, 0.15) is 38.3 Å². The summed E-state index contributed by atoms with van der Waals surface area (Å²) in [6.07, 6.45) is 1.68. The first-order valence-corrected chi connectivity index (χ1v) is 6.01. The number of fused-ring (bicyclic) bond motifs is 1. The van der Waals surface area contributed by atoms with Crippen LogP contribution in [-0.4, -0.2) is 12.6 Å². The van der Waals surface area contributed by atoms with E-state index in [-0.39, 0.29) is 17.9 Å². The summed E-state index contributed by atoms with van der Waals surface area (Å²) in [4.78, 5) is 0. The zero-order valence-electron chi connectivity index (χ0n) is 10.1. The van der Waals surface area contributed by atoms with Crippen molar-refractivity contribution in [3.05, 3.63) is 29.3 Å². The van der Waals surface area contributed by atoms with Crippen LogP contribution in [0.15, 0.2) is 12.1 Å². The fourth-order valence-electron chi connectivity index (χ4n) is 2.16. The van der Waals surface area contributed by atoms with Gasteiger partial charge in [-0.15, -0.1) is 0 Å². The van der Waals surface area contributed by atoms with Gasteiger partial charge in [0.1, 0.15) is 0 Å². The van der Waals surface area contributed by atoms with E-state index >= 15 is 0 Å². The van der Waals surface area contributed by atoms with Crippen molar-refractivity contribution in [2.75, 3.05) is 6.54 Å². The summed E-state index contributed by atoms with van der Waals surface area (Å²) in [5.41, 5.74) is 0.718. The first-order valence-electron chi connectivity index (χ1n) is 6.01. The predicted octanol–water partition coefficient (Wildman–Crippen LogP) is 3.18. The Hall–Kier alpha value is -1.16. The van der Waals surface area contributed by atoms with Crippen LogP contribution in [0.3, 0.4) is 0 Å². The summed E-state index contributed by atoms with van der Waals surface area (Å²) in [5.74, 6) is -1.67. The molecule has 1 heterocycles. The summed E-state index contributed by atoms with van der Waals surface area (Å²) in [5, 5.41) is 3.34. The van der Waals surface area contributed by atoms with Crippen LogP contribution in [0.5, 0.6) is 5.75 Å². The molecule has 2 nitrogen and oxygen atoms in total. The maximum absolute atomic E-state index is 13.6. The van der Waals surface area contributed by atoms with Gasteiger partial charge in [-0.05, 0) is 26.0 Å². The Kier molecular flexibility index (Phi) is 3.62. The van der Waals surface area contributed by atoms with E-state index in [0.29, 0.717) is 0 Å². The standard InChI is InChI=1S/C13H17F2NO/c1-3-6-16-11-7-8(2)17-13-9(11)4-5-10(14)12(13)15/h4-5,8,11,16H,3,6-7H2,1-2H3. The minimum Gasteiger partial charge on any atom is -0.487 e. The number of halogens is 2. The maximum Gasteiger partial charge on any atom is 0.200 e. The smallest absolute Gasteiger partial charge is 0.200 e. The molecule has 0 aliphatic carbocycles. The molecule has 4 heteroatoms. The van der Waals surface area contributed by atoms with Gasteiger partial charge in [0.05, 0.1) is 6.10 Å². The molecule has 2 atom stereocenters. The number of benzene rings is 1. The van der Waals surface area contributed by atoms with Gasteiger partial charge in [-0.25, -0.2) is 4.39 Å². The van der Waals surface area contributed by atoms with Crippen molar-refractivity contribution in [3.8, 4) is 5.75 Å². The average molecular weight is 241 g/mol. The molecule has 1 N–H and O–H groups in total. The lowest BCUT2D eigenvalue weighted by molar-refractivity contribution is 0.156. The van der Waals surface area contributed by atoms with E-state index in [1.54, 1.807) is 6.07 Å². The Bertz CT molecular complexity index is 409. The van der Waals surface area contributed by atoms with Crippen molar-refractivity contribution in [3.63, 3.8) is 0 Å². The van der Waals surface area contributed by atoms with Crippen molar-refractivity contribution < 1.29 is 13.5 Å². The summed E-state index contributed by atoms with van der Waals surface area (Å²) in [7, 11) is 0. The normalized spacial score (nSPS) is 23.1. The molecule has 0 aromatic heterocycles. The van der Waals surface area contributed by atoms with Crippen LogP contribution in [-0.2, 0) is 0 Å². The van der Waals surface area contributed by atoms with Crippen LogP contribution < -0.4 is 10.1 Å².